The number of benzene rings is 1. The molecule has 7 heteroatoms. The second kappa shape index (κ2) is 6.51. The van der Waals surface area contributed by atoms with Crippen LogP contribution in [0, 0.1) is 5.82 Å². The molecule has 4 rings (SSSR count). The van der Waals surface area contributed by atoms with Crippen molar-refractivity contribution in [2.24, 2.45) is 0 Å². The molecule has 0 radical (unpaired) electrons. The Morgan fingerprint density at radius 1 is 1.24 bits per heavy atom. The smallest absolute Gasteiger partial charge is 0.274 e. The molecular formula is C18H18FN5O. The van der Waals surface area contributed by atoms with E-state index in [4.69, 9.17) is 0 Å². The first-order valence-corrected chi connectivity index (χ1v) is 8.29. The van der Waals surface area contributed by atoms with Gasteiger partial charge in [-0.1, -0.05) is 6.07 Å². The number of carbonyl (C=O) groups excluding carboxylic acids is 1. The van der Waals surface area contributed by atoms with Crippen LogP contribution in [0.2, 0.25) is 0 Å². The highest BCUT2D eigenvalue weighted by molar-refractivity contribution is 5.92. The summed E-state index contributed by atoms with van der Waals surface area (Å²) in [6.07, 6.45) is 9.12. The van der Waals surface area contributed by atoms with Crippen molar-refractivity contribution in [2.45, 2.75) is 18.9 Å². The maximum Gasteiger partial charge on any atom is 0.274 e. The Hall–Kier alpha value is -2.96. The topological polar surface area (TPSA) is 56.0 Å². The third kappa shape index (κ3) is 3.17. The average molecular weight is 339 g/mol. The summed E-state index contributed by atoms with van der Waals surface area (Å²) >= 11 is 0. The first-order valence-electron chi connectivity index (χ1n) is 8.29. The monoisotopic (exact) mass is 339 g/mol. The summed E-state index contributed by atoms with van der Waals surface area (Å²) in [5.41, 5.74) is 0.963. The summed E-state index contributed by atoms with van der Waals surface area (Å²) in [7, 11) is 0. The van der Waals surface area contributed by atoms with Crippen LogP contribution in [0.4, 0.5) is 4.39 Å². The molecule has 2 aromatic heterocycles. The maximum atomic E-state index is 13.4. The minimum absolute atomic E-state index is 0.0973. The van der Waals surface area contributed by atoms with Gasteiger partial charge < -0.3 is 9.47 Å². The maximum absolute atomic E-state index is 13.4. The first kappa shape index (κ1) is 15.6. The molecule has 1 aliphatic heterocycles. The number of hydrogen-bond donors (Lipinski definition) is 0. The van der Waals surface area contributed by atoms with Crippen LogP contribution in [0.15, 0.2) is 55.2 Å². The Morgan fingerprint density at radius 2 is 2.16 bits per heavy atom. The first-order chi connectivity index (χ1) is 12.2. The molecule has 1 fully saturated rings. The van der Waals surface area contributed by atoms with Crippen LogP contribution in [-0.2, 0) is 0 Å². The van der Waals surface area contributed by atoms with Crippen LogP contribution in [0.25, 0.3) is 5.69 Å². The third-order valence-electron chi connectivity index (χ3n) is 4.51. The molecule has 0 aliphatic carbocycles. The lowest BCUT2D eigenvalue weighted by Crippen LogP contribution is -2.40. The second-order valence-electron chi connectivity index (χ2n) is 6.18. The van der Waals surface area contributed by atoms with Gasteiger partial charge in [0.25, 0.3) is 5.91 Å². The predicted octanol–water partition coefficient (Wildman–Crippen LogP) is 2.69. The van der Waals surface area contributed by atoms with E-state index < -0.39 is 0 Å². The van der Waals surface area contributed by atoms with Gasteiger partial charge in [-0.05, 0) is 37.1 Å². The van der Waals surface area contributed by atoms with Crippen molar-refractivity contribution in [1.29, 1.82) is 0 Å². The van der Waals surface area contributed by atoms with Gasteiger partial charge in [0, 0.05) is 31.7 Å². The molecule has 3 heterocycles. The molecule has 1 atom stereocenters. The number of rotatable bonds is 3. The van der Waals surface area contributed by atoms with E-state index in [1.807, 2.05) is 15.7 Å². The lowest BCUT2D eigenvalue weighted by Gasteiger charge is -2.32. The molecule has 0 saturated carbocycles. The number of hydrogen-bond acceptors (Lipinski definition) is 3. The van der Waals surface area contributed by atoms with Crippen LogP contribution in [0.1, 0.15) is 29.4 Å². The molecular weight excluding hydrogens is 321 g/mol. The van der Waals surface area contributed by atoms with Crippen molar-refractivity contribution in [1.82, 2.24) is 24.2 Å². The van der Waals surface area contributed by atoms with Gasteiger partial charge in [0.05, 0.1) is 18.1 Å². The normalized spacial score (nSPS) is 17.6. The molecule has 0 spiro atoms. The van der Waals surface area contributed by atoms with Crippen molar-refractivity contribution in [3.05, 3.63) is 66.8 Å². The second-order valence-corrected chi connectivity index (χ2v) is 6.18. The molecule has 0 N–H and O–H groups in total. The van der Waals surface area contributed by atoms with Crippen molar-refractivity contribution in [2.75, 3.05) is 13.1 Å². The van der Waals surface area contributed by atoms with Crippen molar-refractivity contribution >= 4 is 5.91 Å². The predicted molar refractivity (Wildman–Crippen MR) is 89.9 cm³/mol. The van der Waals surface area contributed by atoms with Gasteiger partial charge >= 0.3 is 0 Å². The van der Waals surface area contributed by atoms with Gasteiger partial charge in [-0.3, -0.25) is 4.79 Å². The van der Waals surface area contributed by atoms with E-state index in [1.165, 1.54) is 16.8 Å². The van der Waals surface area contributed by atoms with Gasteiger partial charge in [-0.25, -0.2) is 14.1 Å². The van der Waals surface area contributed by atoms with Crippen molar-refractivity contribution in [3.63, 3.8) is 0 Å². The average Bonchev–Trinajstić information content (AvgIpc) is 3.33. The largest absolute Gasteiger partial charge is 0.335 e. The van der Waals surface area contributed by atoms with Gasteiger partial charge in [0.15, 0.2) is 5.69 Å². The molecule has 128 valence electrons. The number of amides is 1. The standard InChI is InChI=1S/C18H18FN5O/c19-14-3-1-4-15(11-14)24-9-6-17(21-24)18(25)22-8-2-5-16(12-22)23-10-7-20-13-23/h1,3-4,6-7,9-11,13,16H,2,5,8,12H2/t16-/m0/s1. The number of halogens is 1. The Balaban J connectivity index is 1.51. The summed E-state index contributed by atoms with van der Waals surface area (Å²) in [6, 6.07) is 8.05. The van der Waals surface area contributed by atoms with E-state index >= 15 is 0 Å². The van der Waals surface area contributed by atoms with Crippen LogP contribution < -0.4 is 0 Å². The van der Waals surface area contributed by atoms with E-state index in [0.717, 1.165) is 19.4 Å². The van der Waals surface area contributed by atoms with Crippen LogP contribution in [0.3, 0.4) is 0 Å². The Morgan fingerprint density at radius 3 is 2.96 bits per heavy atom. The summed E-state index contributed by atoms with van der Waals surface area (Å²) < 4.78 is 16.9. The molecule has 1 amide bonds. The van der Waals surface area contributed by atoms with E-state index in [-0.39, 0.29) is 17.8 Å². The summed E-state index contributed by atoms with van der Waals surface area (Å²) in [5, 5.41) is 4.32. The van der Waals surface area contributed by atoms with E-state index in [1.54, 1.807) is 36.9 Å². The Labute approximate surface area is 144 Å². The van der Waals surface area contributed by atoms with E-state index in [9.17, 15) is 9.18 Å². The Kier molecular flexibility index (Phi) is 4.05. The van der Waals surface area contributed by atoms with Crippen molar-refractivity contribution in [3.8, 4) is 5.69 Å². The van der Waals surface area contributed by atoms with Crippen LogP contribution >= 0.6 is 0 Å². The van der Waals surface area contributed by atoms with Gasteiger partial charge in [0.1, 0.15) is 5.82 Å². The molecule has 6 nitrogen and oxygen atoms in total. The van der Waals surface area contributed by atoms with Gasteiger partial charge in [-0.15, -0.1) is 0 Å². The fourth-order valence-corrected chi connectivity index (χ4v) is 3.23. The number of piperidine rings is 1. The number of likely N-dealkylation sites (tertiary alicyclic amines) is 1. The molecule has 0 bridgehead atoms. The van der Waals surface area contributed by atoms with Gasteiger partial charge in [0.2, 0.25) is 0 Å². The number of imidazole rings is 1. The quantitative estimate of drug-likeness (QED) is 0.737. The third-order valence-corrected chi connectivity index (χ3v) is 4.51. The number of nitrogens with zero attached hydrogens (tertiary/aromatic N) is 5. The zero-order valence-corrected chi connectivity index (χ0v) is 13.6. The highest BCUT2D eigenvalue weighted by Gasteiger charge is 2.26. The molecule has 1 saturated heterocycles. The highest BCUT2D eigenvalue weighted by Crippen LogP contribution is 2.22. The molecule has 3 aromatic rings. The molecule has 0 unspecified atom stereocenters. The summed E-state index contributed by atoms with van der Waals surface area (Å²) in [4.78, 5) is 18.7. The minimum atomic E-state index is -0.333. The minimum Gasteiger partial charge on any atom is -0.335 e. The van der Waals surface area contributed by atoms with Crippen molar-refractivity contribution < 1.29 is 9.18 Å². The highest BCUT2D eigenvalue weighted by atomic mass is 19.1. The fraction of sp³-hybridized carbons (Fsp3) is 0.278. The van der Waals surface area contributed by atoms with Crippen LogP contribution in [-0.4, -0.2) is 43.2 Å². The molecule has 25 heavy (non-hydrogen) atoms. The SMILES string of the molecule is O=C(c1ccn(-c2cccc(F)c2)n1)N1CCC[C@H](n2ccnc2)C1. The lowest BCUT2D eigenvalue weighted by atomic mass is 10.1. The molecule has 1 aromatic carbocycles. The zero-order chi connectivity index (χ0) is 17.2. The van der Waals surface area contributed by atoms with Gasteiger partial charge in [-0.2, -0.15) is 5.10 Å². The van der Waals surface area contributed by atoms with E-state index in [0.29, 0.717) is 17.9 Å². The number of aromatic nitrogens is 4. The summed E-state index contributed by atoms with van der Waals surface area (Å²) in [5.74, 6) is -0.431. The zero-order valence-electron chi connectivity index (χ0n) is 13.6. The molecule has 1 aliphatic rings. The van der Waals surface area contributed by atoms with Crippen LogP contribution in [0.5, 0.6) is 0 Å². The number of carbonyl (C=O) groups is 1. The fourth-order valence-electron chi connectivity index (χ4n) is 3.23. The summed E-state index contributed by atoms with van der Waals surface area (Å²) in [6.45, 7) is 1.36. The Bertz CT molecular complexity index is 873. The lowest BCUT2D eigenvalue weighted by molar-refractivity contribution is 0.0673. The van der Waals surface area contributed by atoms with E-state index in [2.05, 4.69) is 10.1 Å².